The molecule has 0 aromatic carbocycles. The van der Waals surface area contributed by atoms with Crippen molar-refractivity contribution in [1.82, 2.24) is 10.2 Å². The summed E-state index contributed by atoms with van der Waals surface area (Å²) < 4.78 is 0. The topological polar surface area (TPSA) is 52.6 Å². The van der Waals surface area contributed by atoms with E-state index in [0.717, 1.165) is 37.8 Å². The van der Waals surface area contributed by atoms with E-state index >= 15 is 0 Å². The molecule has 0 aromatic rings. The Morgan fingerprint density at radius 3 is 2.00 bits per heavy atom. The highest BCUT2D eigenvalue weighted by atomic mass is 16.3. The van der Waals surface area contributed by atoms with Gasteiger partial charge in [0.05, 0.1) is 6.10 Å². The Balaban J connectivity index is 1.48. The number of carbonyl (C=O) groups is 1. The van der Waals surface area contributed by atoms with E-state index in [2.05, 4.69) is 5.32 Å². The van der Waals surface area contributed by atoms with Gasteiger partial charge in [-0.25, -0.2) is 4.79 Å². The van der Waals surface area contributed by atoms with E-state index < -0.39 is 0 Å². The standard InChI is InChI=1S/C15H26N2O2/c1-10(18)11-6-8-17(9-7-11)15(19)16-14(12-2-3-12)13-4-5-13/h10-14,18H,2-9H2,1H3,(H,16,19). The normalized spacial score (nSPS) is 26.6. The van der Waals surface area contributed by atoms with Crippen LogP contribution >= 0.6 is 0 Å². The smallest absolute Gasteiger partial charge is 0.317 e. The van der Waals surface area contributed by atoms with Crippen LogP contribution in [-0.4, -0.2) is 41.3 Å². The van der Waals surface area contributed by atoms with Crippen LogP contribution in [0.4, 0.5) is 4.79 Å². The summed E-state index contributed by atoms with van der Waals surface area (Å²) in [6.45, 7) is 3.45. The number of hydrogen-bond acceptors (Lipinski definition) is 2. The van der Waals surface area contributed by atoms with Crippen LogP contribution in [0.2, 0.25) is 0 Å². The van der Waals surface area contributed by atoms with Crippen molar-refractivity contribution in [3.63, 3.8) is 0 Å². The monoisotopic (exact) mass is 266 g/mol. The summed E-state index contributed by atoms with van der Waals surface area (Å²) in [6, 6.07) is 0.579. The lowest BCUT2D eigenvalue weighted by atomic mass is 9.92. The van der Waals surface area contributed by atoms with Gasteiger partial charge in [-0.3, -0.25) is 0 Å². The molecule has 3 rings (SSSR count). The maximum Gasteiger partial charge on any atom is 0.317 e. The van der Waals surface area contributed by atoms with Crippen LogP contribution in [0.1, 0.15) is 45.4 Å². The Kier molecular flexibility index (Phi) is 3.70. The Bertz CT molecular complexity index is 317. The molecule has 1 unspecified atom stereocenters. The highest BCUT2D eigenvalue weighted by molar-refractivity contribution is 5.74. The van der Waals surface area contributed by atoms with Gasteiger partial charge in [0.1, 0.15) is 0 Å². The number of nitrogens with one attached hydrogen (secondary N) is 1. The number of amides is 2. The molecule has 4 heteroatoms. The number of nitrogens with zero attached hydrogens (tertiary/aromatic N) is 1. The molecule has 19 heavy (non-hydrogen) atoms. The van der Waals surface area contributed by atoms with Gasteiger partial charge in [0.2, 0.25) is 0 Å². The minimum atomic E-state index is -0.240. The van der Waals surface area contributed by atoms with Crippen LogP contribution in [0, 0.1) is 17.8 Å². The van der Waals surface area contributed by atoms with Crippen LogP contribution in [-0.2, 0) is 0 Å². The second-order valence-corrected chi connectivity index (χ2v) is 6.72. The quantitative estimate of drug-likeness (QED) is 0.817. The summed E-state index contributed by atoms with van der Waals surface area (Å²) in [5, 5.41) is 12.9. The Morgan fingerprint density at radius 1 is 1.05 bits per heavy atom. The zero-order chi connectivity index (χ0) is 13.4. The van der Waals surface area contributed by atoms with Gasteiger partial charge >= 0.3 is 6.03 Å². The van der Waals surface area contributed by atoms with Crippen molar-refractivity contribution in [2.45, 2.75) is 57.6 Å². The van der Waals surface area contributed by atoms with Crippen molar-refractivity contribution in [2.75, 3.05) is 13.1 Å². The number of carbonyl (C=O) groups excluding carboxylic acids is 1. The Morgan fingerprint density at radius 2 is 1.58 bits per heavy atom. The molecule has 2 N–H and O–H groups in total. The maximum absolute atomic E-state index is 12.3. The first-order valence-electron chi connectivity index (χ1n) is 7.88. The van der Waals surface area contributed by atoms with Crippen molar-refractivity contribution < 1.29 is 9.90 Å². The van der Waals surface area contributed by atoms with E-state index in [1.165, 1.54) is 25.7 Å². The van der Waals surface area contributed by atoms with E-state index in [0.29, 0.717) is 12.0 Å². The minimum Gasteiger partial charge on any atom is -0.393 e. The molecule has 1 aliphatic heterocycles. The summed E-state index contributed by atoms with van der Waals surface area (Å²) in [5.74, 6) is 1.88. The number of rotatable bonds is 4. The molecule has 2 saturated carbocycles. The van der Waals surface area contributed by atoms with Crippen LogP contribution in [0.15, 0.2) is 0 Å². The van der Waals surface area contributed by atoms with Crippen LogP contribution in [0.5, 0.6) is 0 Å². The lowest BCUT2D eigenvalue weighted by Gasteiger charge is -2.34. The molecule has 2 aliphatic carbocycles. The number of likely N-dealkylation sites (tertiary alicyclic amines) is 1. The molecule has 0 bridgehead atoms. The highest BCUT2D eigenvalue weighted by Crippen LogP contribution is 2.44. The van der Waals surface area contributed by atoms with Crippen molar-refractivity contribution in [3.05, 3.63) is 0 Å². The van der Waals surface area contributed by atoms with Gasteiger partial charge in [0, 0.05) is 19.1 Å². The molecule has 0 spiro atoms. The number of hydrogen-bond donors (Lipinski definition) is 2. The van der Waals surface area contributed by atoms with E-state index in [9.17, 15) is 9.90 Å². The van der Waals surface area contributed by atoms with Crippen LogP contribution in [0.3, 0.4) is 0 Å². The van der Waals surface area contributed by atoms with Crippen molar-refractivity contribution in [3.8, 4) is 0 Å². The van der Waals surface area contributed by atoms with Crippen LogP contribution in [0.25, 0.3) is 0 Å². The molecule has 0 aromatic heterocycles. The maximum atomic E-state index is 12.3. The fourth-order valence-electron chi connectivity index (χ4n) is 3.35. The van der Waals surface area contributed by atoms with Gasteiger partial charge in [-0.05, 0) is 63.2 Å². The lowest BCUT2D eigenvalue weighted by molar-refractivity contribution is 0.0790. The summed E-state index contributed by atoms with van der Waals surface area (Å²) in [4.78, 5) is 14.2. The summed E-state index contributed by atoms with van der Waals surface area (Å²) in [6.07, 6.45) is 6.82. The van der Waals surface area contributed by atoms with Gasteiger partial charge in [-0.15, -0.1) is 0 Å². The van der Waals surface area contributed by atoms with Gasteiger partial charge in [0.25, 0.3) is 0 Å². The zero-order valence-corrected chi connectivity index (χ0v) is 11.8. The average Bonchev–Trinajstić information content (AvgIpc) is 3.29. The molecule has 4 nitrogen and oxygen atoms in total. The number of aliphatic hydroxyl groups is 1. The van der Waals surface area contributed by atoms with Gasteiger partial charge in [-0.2, -0.15) is 0 Å². The molecular weight excluding hydrogens is 240 g/mol. The first-order chi connectivity index (χ1) is 9.15. The molecule has 108 valence electrons. The molecule has 3 fully saturated rings. The van der Waals surface area contributed by atoms with Gasteiger partial charge in [0.15, 0.2) is 0 Å². The van der Waals surface area contributed by atoms with Crippen LogP contribution < -0.4 is 5.32 Å². The predicted octanol–water partition coefficient (Wildman–Crippen LogP) is 1.98. The molecule has 2 amide bonds. The first kappa shape index (κ1) is 13.2. The molecule has 0 radical (unpaired) electrons. The summed E-state index contributed by atoms with van der Waals surface area (Å²) in [5.41, 5.74) is 0. The molecule has 1 saturated heterocycles. The SMILES string of the molecule is CC(O)C1CCN(C(=O)NC(C2CC2)C2CC2)CC1. The second kappa shape index (κ2) is 5.31. The van der Waals surface area contributed by atoms with Gasteiger partial charge < -0.3 is 15.3 Å². The third kappa shape index (κ3) is 3.22. The fraction of sp³-hybridized carbons (Fsp3) is 0.933. The zero-order valence-electron chi connectivity index (χ0n) is 11.8. The molecule has 1 heterocycles. The van der Waals surface area contributed by atoms with Crippen molar-refractivity contribution in [2.24, 2.45) is 17.8 Å². The minimum absolute atomic E-state index is 0.132. The predicted molar refractivity (Wildman–Crippen MR) is 73.7 cm³/mol. The summed E-state index contributed by atoms with van der Waals surface area (Å²) >= 11 is 0. The molecule has 1 atom stereocenters. The highest BCUT2D eigenvalue weighted by Gasteiger charge is 2.42. The second-order valence-electron chi connectivity index (χ2n) is 6.72. The average molecular weight is 266 g/mol. The third-order valence-corrected chi connectivity index (χ3v) is 5.06. The largest absolute Gasteiger partial charge is 0.393 e. The van der Waals surface area contributed by atoms with Gasteiger partial charge in [-0.1, -0.05) is 0 Å². The van der Waals surface area contributed by atoms with Crippen molar-refractivity contribution in [1.29, 1.82) is 0 Å². The molecular formula is C15H26N2O2. The van der Waals surface area contributed by atoms with Crippen molar-refractivity contribution >= 4 is 6.03 Å². The number of aliphatic hydroxyl groups excluding tert-OH is 1. The number of piperidine rings is 1. The number of urea groups is 1. The third-order valence-electron chi connectivity index (χ3n) is 5.06. The van der Waals surface area contributed by atoms with E-state index in [1.807, 2.05) is 11.8 Å². The lowest BCUT2D eigenvalue weighted by Crippen LogP contribution is -2.49. The Hall–Kier alpha value is -0.770. The first-order valence-corrected chi connectivity index (χ1v) is 7.88. The van der Waals surface area contributed by atoms with E-state index in [4.69, 9.17) is 0 Å². The fourth-order valence-corrected chi connectivity index (χ4v) is 3.35. The Labute approximate surface area is 115 Å². The van der Waals surface area contributed by atoms with E-state index in [-0.39, 0.29) is 12.1 Å². The van der Waals surface area contributed by atoms with E-state index in [1.54, 1.807) is 0 Å². The summed E-state index contributed by atoms with van der Waals surface area (Å²) in [7, 11) is 0. The molecule has 3 aliphatic rings.